The average Bonchev–Trinajstić information content (AvgIpc) is 3.15. The summed E-state index contributed by atoms with van der Waals surface area (Å²) in [5.41, 5.74) is 0.222. The first-order valence-corrected chi connectivity index (χ1v) is 8.42. The molecule has 7 nitrogen and oxygen atoms in total. The lowest BCUT2D eigenvalue weighted by molar-refractivity contribution is 0.0885. The molecule has 0 aliphatic heterocycles. The first-order valence-electron chi connectivity index (χ1n) is 8.42. The molecule has 1 N–H and O–H groups in total. The van der Waals surface area contributed by atoms with Crippen LogP contribution in [0.25, 0.3) is 10.8 Å². The molecular weight excluding hydrogens is 334 g/mol. The molecule has 1 aromatic carbocycles. The zero-order valence-corrected chi connectivity index (χ0v) is 14.8. The monoisotopic (exact) mass is 355 g/mol. The summed E-state index contributed by atoms with van der Waals surface area (Å²) in [6.45, 7) is 2.61. The van der Waals surface area contributed by atoms with Crippen LogP contribution < -0.4 is 10.1 Å². The van der Waals surface area contributed by atoms with Gasteiger partial charge in [0, 0.05) is 36.3 Å². The highest BCUT2D eigenvalue weighted by Crippen LogP contribution is 2.25. The number of carbonyl (C=O) groups is 1. The van der Waals surface area contributed by atoms with Gasteiger partial charge in [0.2, 0.25) is 0 Å². The minimum absolute atomic E-state index is 0.0619. The Morgan fingerprint density at radius 1 is 1.35 bits per heavy atom. The molecule has 2 aromatic heterocycles. The zero-order valence-electron chi connectivity index (χ0n) is 14.8. The Labute approximate surface area is 151 Å². The maximum absolute atomic E-state index is 12.2. The van der Waals surface area contributed by atoms with Gasteiger partial charge >= 0.3 is 0 Å². The molecule has 1 unspecified atom stereocenters. The highest BCUT2D eigenvalue weighted by atomic mass is 16.5. The third-order valence-electron chi connectivity index (χ3n) is 4.00. The van der Waals surface area contributed by atoms with Crippen molar-refractivity contribution < 1.29 is 18.8 Å². The lowest BCUT2D eigenvalue weighted by Crippen LogP contribution is -2.37. The molecule has 1 atom stereocenters. The molecule has 3 aromatic rings. The Morgan fingerprint density at radius 2 is 2.23 bits per heavy atom. The molecule has 0 saturated carbocycles. The van der Waals surface area contributed by atoms with Crippen molar-refractivity contribution in [3.63, 3.8) is 0 Å². The minimum atomic E-state index is -0.292. The number of aromatic nitrogens is 2. The van der Waals surface area contributed by atoms with E-state index in [1.165, 1.54) is 0 Å². The number of pyridine rings is 1. The maximum Gasteiger partial charge on any atom is 0.273 e. The lowest BCUT2D eigenvalue weighted by atomic mass is 10.1. The van der Waals surface area contributed by atoms with E-state index in [0.29, 0.717) is 12.4 Å². The second-order valence-electron chi connectivity index (χ2n) is 5.85. The van der Waals surface area contributed by atoms with Gasteiger partial charge in [-0.3, -0.25) is 9.78 Å². The highest BCUT2D eigenvalue weighted by molar-refractivity contribution is 5.92. The molecule has 0 fully saturated rings. The van der Waals surface area contributed by atoms with Crippen LogP contribution in [-0.4, -0.2) is 35.8 Å². The second kappa shape index (κ2) is 8.44. The van der Waals surface area contributed by atoms with Crippen LogP contribution in [0.4, 0.5) is 0 Å². The molecular formula is C19H21N3O4. The third kappa shape index (κ3) is 4.18. The van der Waals surface area contributed by atoms with Crippen molar-refractivity contribution in [3.8, 4) is 5.75 Å². The fourth-order valence-electron chi connectivity index (χ4n) is 2.58. The lowest BCUT2D eigenvalue weighted by Gasteiger charge is -2.14. The topological polar surface area (TPSA) is 86.5 Å². The van der Waals surface area contributed by atoms with Crippen LogP contribution in [0.3, 0.4) is 0 Å². The summed E-state index contributed by atoms with van der Waals surface area (Å²) in [5.74, 6) is 0.902. The fourth-order valence-corrected chi connectivity index (χ4v) is 2.58. The molecule has 0 aliphatic carbocycles. The van der Waals surface area contributed by atoms with E-state index in [4.69, 9.17) is 14.0 Å². The number of ether oxygens (including phenoxy) is 2. The van der Waals surface area contributed by atoms with Gasteiger partial charge in [0.15, 0.2) is 11.5 Å². The molecule has 0 spiro atoms. The van der Waals surface area contributed by atoms with Crippen LogP contribution in [0.15, 0.2) is 47.2 Å². The molecule has 0 saturated heterocycles. The number of carbonyl (C=O) groups excluding carboxylic acids is 1. The SMILES string of the molecule is CCC(COC)NC(=O)c1cc(COc2cccc3cnccc23)on1. The first-order chi connectivity index (χ1) is 12.7. The van der Waals surface area contributed by atoms with E-state index in [1.54, 1.807) is 25.6 Å². The average molecular weight is 355 g/mol. The van der Waals surface area contributed by atoms with Crippen molar-refractivity contribution in [2.45, 2.75) is 26.0 Å². The van der Waals surface area contributed by atoms with Crippen LogP contribution in [0, 0.1) is 0 Å². The Morgan fingerprint density at radius 3 is 3.04 bits per heavy atom. The van der Waals surface area contributed by atoms with E-state index >= 15 is 0 Å². The quantitative estimate of drug-likeness (QED) is 0.668. The van der Waals surface area contributed by atoms with Gasteiger partial charge in [-0.05, 0) is 18.6 Å². The summed E-state index contributed by atoms with van der Waals surface area (Å²) in [7, 11) is 1.60. The summed E-state index contributed by atoms with van der Waals surface area (Å²) in [6.07, 6.45) is 4.27. The van der Waals surface area contributed by atoms with Gasteiger partial charge in [0.05, 0.1) is 12.6 Å². The van der Waals surface area contributed by atoms with Gasteiger partial charge in [-0.15, -0.1) is 0 Å². The maximum atomic E-state index is 12.2. The zero-order chi connectivity index (χ0) is 18.4. The molecule has 3 rings (SSSR count). The molecule has 26 heavy (non-hydrogen) atoms. The second-order valence-corrected chi connectivity index (χ2v) is 5.85. The first kappa shape index (κ1) is 17.9. The summed E-state index contributed by atoms with van der Waals surface area (Å²) in [6, 6.07) is 9.16. The Hall–Kier alpha value is -2.93. The van der Waals surface area contributed by atoms with Gasteiger partial charge in [0.1, 0.15) is 12.4 Å². The predicted molar refractivity (Wildman–Crippen MR) is 96.0 cm³/mol. The Balaban J connectivity index is 1.64. The molecule has 0 radical (unpaired) electrons. The molecule has 1 amide bonds. The van der Waals surface area contributed by atoms with Crippen molar-refractivity contribution in [3.05, 3.63) is 54.2 Å². The summed E-state index contributed by atoms with van der Waals surface area (Å²) in [4.78, 5) is 16.3. The van der Waals surface area contributed by atoms with Crippen LogP contribution in [0.2, 0.25) is 0 Å². The number of rotatable bonds is 8. The molecule has 7 heteroatoms. The number of nitrogens with one attached hydrogen (secondary N) is 1. The van der Waals surface area contributed by atoms with Gasteiger partial charge < -0.3 is 19.3 Å². The van der Waals surface area contributed by atoms with Crippen LogP contribution in [0.5, 0.6) is 5.75 Å². The smallest absolute Gasteiger partial charge is 0.273 e. The van der Waals surface area contributed by atoms with E-state index < -0.39 is 0 Å². The van der Waals surface area contributed by atoms with Crippen molar-refractivity contribution in [1.82, 2.24) is 15.5 Å². The summed E-state index contributed by atoms with van der Waals surface area (Å²) in [5, 5.41) is 8.64. The van der Waals surface area contributed by atoms with E-state index in [-0.39, 0.29) is 24.2 Å². The minimum Gasteiger partial charge on any atom is -0.485 e. The number of nitrogens with zero attached hydrogens (tertiary/aromatic N) is 2. The number of hydrogen-bond donors (Lipinski definition) is 1. The number of amides is 1. The Kier molecular flexibility index (Phi) is 5.80. The standard InChI is InChI=1S/C19H21N3O4/c1-3-14(11-24-2)21-19(23)17-9-15(26-22-17)12-25-18-6-4-5-13-10-20-8-7-16(13)18/h4-10,14H,3,11-12H2,1-2H3,(H,21,23). The van der Waals surface area contributed by atoms with Gasteiger partial charge in [-0.2, -0.15) is 0 Å². The third-order valence-corrected chi connectivity index (χ3v) is 4.00. The van der Waals surface area contributed by atoms with Crippen molar-refractivity contribution in [2.24, 2.45) is 0 Å². The molecule has 0 bridgehead atoms. The van der Waals surface area contributed by atoms with Crippen molar-refractivity contribution in [2.75, 3.05) is 13.7 Å². The van der Waals surface area contributed by atoms with Crippen LogP contribution in [-0.2, 0) is 11.3 Å². The number of benzene rings is 1. The van der Waals surface area contributed by atoms with Crippen molar-refractivity contribution >= 4 is 16.7 Å². The van der Waals surface area contributed by atoms with Gasteiger partial charge in [0.25, 0.3) is 5.91 Å². The normalized spacial score (nSPS) is 12.1. The van der Waals surface area contributed by atoms with E-state index in [9.17, 15) is 4.79 Å². The molecule has 2 heterocycles. The largest absolute Gasteiger partial charge is 0.485 e. The van der Waals surface area contributed by atoms with Crippen molar-refractivity contribution in [1.29, 1.82) is 0 Å². The van der Waals surface area contributed by atoms with E-state index in [0.717, 1.165) is 22.9 Å². The van der Waals surface area contributed by atoms with E-state index in [1.807, 2.05) is 31.2 Å². The van der Waals surface area contributed by atoms with E-state index in [2.05, 4.69) is 15.5 Å². The number of hydrogen-bond acceptors (Lipinski definition) is 6. The molecule has 0 aliphatic rings. The number of fused-ring (bicyclic) bond motifs is 1. The summed E-state index contributed by atoms with van der Waals surface area (Å²) < 4.78 is 16.1. The van der Waals surface area contributed by atoms with Gasteiger partial charge in [-0.25, -0.2) is 0 Å². The van der Waals surface area contributed by atoms with Crippen LogP contribution in [0.1, 0.15) is 29.6 Å². The fraction of sp³-hybridized carbons (Fsp3) is 0.316. The van der Waals surface area contributed by atoms with Crippen LogP contribution >= 0.6 is 0 Å². The predicted octanol–water partition coefficient (Wildman–Crippen LogP) is 2.96. The summed E-state index contributed by atoms with van der Waals surface area (Å²) >= 11 is 0. The number of methoxy groups -OCH3 is 1. The molecule has 136 valence electrons. The highest BCUT2D eigenvalue weighted by Gasteiger charge is 2.16. The Bertz CT molecular complexity index is 873. The van der Waals surface area contributed by atoms with Gasteiger partial charge in [-0.1, -0.05) is 24.2 Å².